The molecule has 3 N–H and O–H groups in total. The third-order valence-corrected chi connectivity index (χ3v) is 2.06. The SMILES string of the molecule is COc1ccc(C(=O)O)c(OCC(O)CO)c1. The van der Waals surface area contributed by atoms with Gasteiger partial charge in [-0.3, -0.25) is 0 Å². The Morgan fingerprint density at radius 1 is 1.47 bits per heavy atom. The zero-order valence-electron chi connectivity index (χ0n) is 9.29. The summed E-state index contributed by atoms with van der Waals surface area (Å²) in [5.74, 6) is -0.603. The van der Waals surface area contributed by atoms with Gasteiger partial charge in [-0.15, -0.1) is 0 Å². The van der Waals surface area contributed by atoms with E-state index in [1.54, 1.807) is 0 Å². The van der Waals surface area contributed by atoms with Gasteiger partial charge in [0.1, 0.15) is 29.8 Å². The summed E-state index contributed by atoms with van der Waals surface area (Å²) >= 11 is 0. The molecule has 6 heteroatoms. The number of hydrogen-bond donors (Lipinski definition) is 3. The third-order valence-electron chi connectivity index (χ3n) is 2.06. The van der Waals surface area contributed by atoms with Gasteiger partial charge in [0.2, 0.25) is 0 Å². The molecule has 0 amide bonds. The minimum Gasteiger partial charge on any atom is -0.497 e. The number of aliphatic hydroxyl groups excluding tert-OH is 2. The minimum atomic E-state index is -1.14. The molecular formula is C11H14O6. The van der Waals surface area contributed by atoms with Crippen LogP contribution in [0.1, 0.15) is 10.4 Å². The monoisotopic (exact) mass is 242 g/mol. The Balaban J connectivity index is 2.89. The minimum absolute atomic E-state index is 0.0315. The van der Waals surface area contributed by atoms with Crippen molar-refractivity contribution in [2.24, 2.45) is 0 Å². The number of aliphatic hydroxyl groups is 2. The van der Waals surface area contributed by atoms with E-state index in [-0.39, 0.29) is 17.9 Å². The number of hydrogen-bond acceptors (Lipinski definition) is 5. The van der Waals surface area contributed by atoms with Crippen LogP contribution >= 0.6 is 0 Å². The summed E-state index contributed by atoms with van der Waals surface area (Å²) in [6, 6.07) is 4.26. The molecule has 0 saturated carbocycles. The molecule has 0 radical (unpaired) electrons. The molecule has 1 unspecified atom stereocenters. The second kappa shape index (κ2) is 6.07. The van der Waals surface area contributed by atoms with E-state index in [0.29, 0.717) is 5.75 Å². The highest BCUT2D eigenvalue weighted by molar-refractivity contribution is 5.91. The van der Waals surface area contributed by atoms with Crippen molar-refractivity contribution in [1.29, 1.82) is 0 Å². The predicted octanol–water partition coefficient (Wildman–Crippen LogP) is 0.125. The summed E-state index contributed by atoms with van der Waals surface area (Å²) < 4.78 is 10.1. The van der Waals surface area contributed by atoms with Gasteiger partial charge in [0.25, 0.3) is 0 Å². The van der Waals surface area contributed by atoms with Crippen molar-refractivity contribution in [2.45, 2.75) is 6.10 Å². The summed E-state index contributed by atoms with van der Waals surface area (Å²) in [6.45, 7) is -0.643. The molecule has 94 valence electrons. The lowest BCUT2D eigenvalue weighted by Gasteiger charge is -2.12. The molecule has 0 spiro atoms. The first-order chi connectivity index (χ1) is 8.08. The number of methoxy groups -OCH3 is 1. The molecule has 1 aromatic rings. The smallest absolute Gasteiger partial charge is 0.339 e. The fourth-order valence-electron chi connectivity index (χ4n) is 1.16. The first-order valence-electron chi connectivity index (χ1n) is 4.91. The third kappa shape index (κ3) is 3.61. The summed E-state index contributed by atoms with van der Waals surface area (Å²) in [7, 11) is 1.45. The van der Waals surface area contributed by atoms with Crippen LogP contribution in [0.3, 0.4) is 0 Å². The van der Waals surface area contributed by atoms with Gasteiger partial charge < -0.3 is 24.8 Å². The van der Waals surface area contributed by atoms with E-state index in [0.717, 1.165) is 0 Å². The first kappa shape index (κ1) is 13.3. The molecule has 1 aromatic carbocycles. The van der Waals surface area contributed by atoms with Crippen LogP contribution in [0.15, 0.2) is 18.2 Å². The molecule has 0 aromatic heterocycles. The quantitative estimate of drug-likeness (QED) is 0.656. The van der Waals surface area contributed by atoms with Crippen LogP contribution in [0.25, 0.3) is 0 Å². The average Bonchev–Trinajstić information content (AvgIpc) is 2.35. The molecule has 0 aliphatic heterocycles. The van der Waals surface area contributed by atoms with Crippen LogP contribution in [0, 0.1) is 0 Å². The maximum absolute atomic E-state index is 10.9. The van der Waals surface area contributed by atoms with Gasteiger partial charge in [-0.1, -0.05) is 0 Å². The number of rotatable bonds is 6. The number of ether oxygens (including phenoxy) is 2. The molecule has 0 saturated heterocycles. The van der Waals surface area contributed by atoms with E-state index in [1.165, 1.54) is 25.3 Å². The summed E-state index contributed by atoms with van der Waals surface area (Å²) in [4.78, 5) is 10.9. The van der Waals surface area contributed by atoms with E-state index in [4.69, 9.17) is 24.8 Å². The number of carbonyl (C=O) groups is 1. The van der Waals surface area contributed by atoms with Gasteiger partial charge in [0.05, 0.1) is 13.7 Å². The van der Waals surface area contributed by atoms with Crippen LogP contribution in [-0.2, 0) is 0 Å². The second-order valence-electron chi connectivity index (χ2n) is 3.31. The van der Waals surface area contributed by atoms with Crippen molar-refractivity contribution < 1.29 is 29.6 Å². The highest BCUT2D eigenvalue weighted by atomic mass is 16.5. The van der Waals surface area contributed by atoms with Crippen LogP contribution < -0.4 is 9.47 Å². The van der Waals surface area contributed by atoms with Gasteiger partial charge in [-0.2, -0.15) is 0 Å². The highest BCUT2D eigenvalue weighted by Crippen LogP contribution is 2.24. The fraction of sp³-hybridized carbons (Fsp3) is 0.364. The topological polar surface area (TPSA) is 96.2 Å². The largest absolute Gasteiger partial charge is 0.497 e. The van der Waals surface area contributed by atoms with Crippen molar-refractivity contribution in [3.05, 3.63) is 23.8 Å². The molecule has 0 aliphatic rings. The Morgan fingerprint density at radius 2 is 2.18 bits per heavy atom. The van der Waals surface area contributed by atoms with Gasteiger partial charge in [-0.05, 0) is 12.1 Å². The maximum Gasteiger partial charge on any atom is 0.339 e. The van der Waals surface area contributed by atoms with E-state index in [1.807, 2.05) is 0 Å². The molecule has 6 nitrogen and oxygen atoms in total. The van der Waals surface area contributed by atoms with Crippen LogP contribution in [0.4, 0.5) is 0 Å². The van der Waals surface area contributed by atoms with Crippen molar-refractivity contribution in [3.8, 4) is 11.5 Å². The van der Waals surface area contributed by atoms with Gasteiger partial charge in [0, 0.05) is 6.07 Å². The zero-order chi connectivity index (χ0) is 12.8. The molecule has 0 fully saturated rings. The lowest BCUT2D eigenvalue weighted by atomic mass is 10.2. The Hall–Kier alpha value is -1.79. The number of carboxylic acids is 1. The second-order valence-corrected chi connectivity index (χ2v) is 3.31. The summed E-state index contributed by atoms with van der Waals surface area (Å²) in [5.41, 5.74) is -0.0315. The van der Waals surface area contributed by atoms with E-state index >= 15 is 0 Å². The summed E-state index contributed by atoms with van der Waals surface area (Å²) in [5, 5.41) is 26.7. The van der Waals surface area contributed by atoms with Crippen LogP contribution in [0.5, 0.6) is 11.5 Å². The van der Waals surface area contributed by atoms with Gasteiger partial charge >= 0.3 is 5.97 Å². The fourth-order valence-corrected chi connectivity index (χ4v) is 1.16. The van der Waals surface area contributed by atoms with Gasteiger partial charge in [-0.25, -0.2) is 4.79 Å². The number of benzene rings is 1. The Kier molecular flexibility index (Phi) is 4.74. The zero-order valence-corrected chi connectivity index (χ0v) is 9.29. The molecule has 0 heterocycles. The van der Waals surface area contributed by atoms with Crippen LogP contribution in [-0.4, -0.2) is 47.7 Å². The Bertz CT molecular complexity index is 390. The molecular weight excluding hydrogens is 228 g/mol. The van der Waals surface area contributed by atoms with Crippen LogP contribution in [0.2, 0.25) is 0 Å². The standard InChI is InChI=1S/C11H14O6/c1-16-8-2-3-9(11(14)15)10(4-8)17-6-7(13)5-12/h2-4,7,12-13H,5-6H2,1H3,(H,14,15). The van der Waals surface area contributed by atoms with Crippen molar-refractivity contribution in [3.63, 3.8) is 0 Å². The molecule has 17 heavy (non-hydrogen) atoms. The normalized spacial score (nSPS) is 11.9. The highest BCUT2D eigenvalue weighted by Gasteiger charge is 2.13. The molecule has 0 bridgehead atoms. The van der Waals surface area contributed by atoms with Crippen molar-refractivity contribution >= 4 is 5.97 Å². The predicted molar refractivity (Wildman–Crippen MR) is 58.5 cm³/mol. The summed E-state index contributed by atoms with van der Waals surface area (Å²) in [6.07, 6.45) is -1.05. The maximum atomic E-state index is 10.9. The van der Waals surface area contributed by atoms with Crippen molar-refractivity contribution in [1.82, 2.24) is 0 Å². The lowest BCUT2D eigenvalue weighted by molar-refractivity contribution is 0.0518. The average molecular weight is 242 g/mol. The van der Waals surface area contributed by atoms with Gasteiger partial charge in [0.15, 0.2) is 0 Å². The molecule has 0 aliphatic carbocycles. The first-order valence-corrected chi connectivity index (χ1v) is 4.91. The lowest BCUT2D eigenvalue weighted by Crippen LogP contribution is -2.22. The molecule has 1 atom stereocenters. The van der Waals surface area contributed by atoms with E-state index < -0.39 is 18.7 Å². The Morgan fingerprint density at radius 3 is 2.71 bits per heavy atom. The molecule has 1 rings (SSSR count). The Labute approximate surface area is 98.0 Å². The van der Waals surface area contributed by atoms with E-state index in [9.17, 15) is 4.79 Å². The number of carboxylic acid groups (broad SMARTS) is 1. The number of aromatic carboxylic acids is 1. The van der Waals surface area contributed by atoms with Crippen molar-refractivity contribution in [2.75, 3.05) is 20.3 Å². The van der Waals surface area contributed by atoms with E-state index in [2.05, 4.69) is 0 Å².